The van der Waals surface area contributed by atoms with Crippen LogP contribution in [-0.2, 0) is 28.2 Å². The topological polar surface area (TPSA) is 82.1 Å². The van der Waals surface area contributed by atoms with Crippen molar-refractivity contribution in [3.8, 4) is 0 Å². The Hall–Kier alpha value is -1.57. The smallest absolute Gasteiger partial charge is 0.305 e. The van der Waals surface area contributed by atoms with E-state index in [-0.39, 0.29) is 34.3 Å². The zero-order valence-electron chi connectivity index (χ0n) is 34.7. The van der Waals surface area contributed by atoms with E-state index >= 15 is 8.42 Å². The quantitative estimate of drug-likeness (QED) is 0.0600. The normalized spacial score (nSPS) is 23.1. The maximum absolute atomic E-state index is 15.4. The lowest BCUT2D eigenvalue weighted by Crippen LogP contribution is -2.55. The van der Waals surface area contributed by atoms with Crippen LogP contribution in [0.2, 0.25) is 36.3 Å². The molecule has 0 N–H and O–H groups in total. The molecule has 1 aliphatic rings. The first-order valence-corrected chi connectivity index (χ1v) is 26.5. The number of allylic oxidation sites excluding steroid dienone is 2. The Balaban J connectivity index is 2.88. The van der Waals surface area contributed by atoms with Crippen molar-refractivity contribution in [2.75, 3.05) is 21.2 Å². The van der Waals surface area contributed by atoms with Crippen molar-refractivity contribution in [3.05, 3.63) is 54.6 Å². The van der Waals surface area contributed by atoms with E-state index < -0.39 is 37.1 Å². The molecule has 1 aromatic rings. The Kier molecular flexibility index (Phi) is 16.7. The summed E-state index contributed by atoms with van der Waals surface area (Å²) in [5.74, 6) is -0.667. The number of esters is 1. The number of benzene rings is 1. The van der Waals surface area contributed by atoms with E-state index in [1.54, 1.807) is 12.1 Å². The van der Waals surface area contributed by atoms with Crippen LogP contribution >= 0.6 is 0 Å². The second-order valence-corrected chi connectivity index (χ2v) is 29.6. The summed E-state index contributed by atoms with van der Waals surface area (Å²) < 4.78 is 48.8. The highest BCUT2D eigenvalue weighted by Crippen LogP contribution is 2.53. The predicted octanol–water partition coefficient (Wildman–Crippen LogP) is 10.4. The van der Waals surface area contributed by atoms with E-state index in [1.165, 1.54) is 7.11 Å². The third kappa shape index (κ3) is 11.5. The molecule has 7 nitrogen and oxygen atoms in total. The van der Waals surface area contributed by atoms with Gasteiger partial charge in [0.1, 0.15) is 4.75 Å². The van der Waals surface area contributed by atoms with Crippen LogP contribution in [0.1, 0.15) is 106 Å². The number of nitrogens with zero attached hydrogens (tertiary/aromatic N) is 1. The van der Waals surface area contributed by atoms with Crippen LogP contribution in [0.15, 0.2) is 59.5 Å². The molecule has 10 heteroatoms. The predicted molar refractivity (Wildman–Crippen MR) is 219 cm³/mol. The van der Waals surface area contributed by atoms with E-state index in [0.717, 1.165) is 25.7 Å². The van der Waals surface area contributed by atoms with Crippen molar-refractivity contribution >= 4 is 32.4 Å². The molecule has 0 heterocycles. The molecule has 292 valence electrons. The number of sulfone groups is 1. The van der Waals surface area contributed by atoms with Gasteiger partial charge in [0.15, 0.2) is 26.5 Å². The molecule has 0 spiro atoms. The SMILES string of the molecule is CCCCC[C@@H](/C=C/[C@H]1[C@H](O[Si](C)(C)C(C)(C)C)C[C@H](N(C)C)[C@]1(C/C=C\CCCC(=O)OC)S(=O)(=O)c1ccccc1)O[Si](C)(C)C(C)(C)C. The summed E-state index contributed by atoms with van der Waals surface area (Å²) in [7, 11) is -2.96. The lowest BCUT2D eigenvalue weighted by Gasteiger charge is -2.43. The van der Waals surface area contributed by atoms with E-state index in [0.29, 0.717) is 37.0 Å². The number of hydrogen-bond donors (Lipinski definition) is 0. The minimum atomic E-state index is -3.92. The number of unbranched alkanes of at least 4 members (excludes halogenated alkanes) is 3. The van der Waals surface area contributed by atoms with E-state index in [4.69, 9.17) is 13.6 Å². The molecule has 1 saturated carbocycles. The maximum Gasteiger partial charge on any atom is 0.305 e. The fraction of sp³-hybridized carbons (Fsp3) is 0.732. The van der Waals surface area contributed by atoms with Crippen molar-refractivity contribution in [3.63, 3.8) is 0 Å². The molecule has 51 heavy (non-hydrogen) atoms. The highest BCUT2D eigenvalue weighted by molar-refractivity contribution is 7.93. The molecule has 2 rings (SSSR count). The van der Waals surface area contributed by atoms with Gasteiger partial charge in [0.05, 0.1) is 24.2 Å². The lowest BCUT2D eigenvalue weighted by molar-refractivity contribution is -0.140. The molecule has 0 aliphatic heterocycles. The van der Waals surface area contributed by atoms with Gasteiger partial charge in [0, 0.05) is 18.4 Å². The third-order valence-corrected chi connectivity index (χ3v) is 23.5. The van der Waals surface area contributed by atoms with E-state index in [9.17, 15) is 4.79 Å². The van der Waals surface area contributed by atoms with Crippen LogP contribution < -0.4 is 0 Å². The van der Waals surface area contributed by atoms with Gasteiger partial charge >= 0.3 is 5.97 Å². The summed E-state index contributed by atoms with van der Waals surface area (Å²) in [6.07, 6.45) is 14.8. The zero-order valence-corrected chi connectivity index (χ0v) is 37.5. The molecule has 0 amide bonds. The van der Waals surface area contributed by atoms with Crippen molar-refractivity contribution in [2.45, 2.75) is 170 Å². The van der Waals surface area contributed by atoms with Crippen molar-refractivity contribution in [1.29, 1.82) is 0 Å². The van der Waals surface area contributed by atoms with Gasteiger partial charge in [-0.15, -0.1) is 0 Å². The van der Waals surface area contributed by atoms with Crippen LogP contribution in [0, 0.1) is 5.92 Å². The number of carbonyl (C=O) groups is 1. The summed E-state index contributed by atoms with van der Waals surface area (Å²) in [4.78, 5) is 14.2. The molecule has 0 bridgehead atoms. The summed E-state index contributed by atoms with van der Waals surface area (Å²) in [6, 6.07) is 8.65. The maximum atomic E-state index is 15.4. The molecule has 5 atom stereocenters. The Morgan fingerprint density at radius 1 is 0.961 bits per heavy atom. The molecule has 1 aliphatic carbocycles. The zero-order chi connectivity index (χ0) is 38.9. The summed E-state index contributed by atoms with van der Waals surface area (Å²) in [5.41, 5.74) is 0. The molecule has 0 radical (unpaired) electrons. The molecule has 1 fully saturated rings. The monoisotopic (exact) mass is 763 g/mol. The Morgan fingerprint density at radius 3 is 2.10 bits per heavy atom. The first kappa shape index (κ1) is 45.6. The summed E-state index contributed by atoms with van der Waals surface area (Å²) in [6.45, 7) is 24.9. The fourth-order valence-corrected chi connectivity index (χ4v) is 11.9. The molecular formula is C41H73NO6SSi2. The Morgan fingerprint density at radius 2 is 1.57 bits per heavy atom. The van der Waals surface area contributed by atoms with E-state index in [2.05, 4.69) is 91.7 Å². The molecule has 0 unspecified atom stereocenters. The minimum absolute atomic E-state index is 0.0419. The van der Waals surface area contributed by atoms with Gasteiger partial charge in [-0.1, -0.05) is 110 Å². The summed E-state index contributed by atoms with van der Waals surface area (Å²) in [5, 5.41) is -0.00756. The van der Waals surface area contributed by atoms with Crippen molar-refractivity contribution < 1.29 is 26.8 Å². The van der Waals surface area contributed by atoms with Gasteiger partial charge < -0.3 is 18.5 Å². The number of rotatable bonds is 19. The average molecular weight is 764 g/mol. The van der Waals surface area contributed by atoms with Crippen LogP contribution in [0.4, 0.5) is 0 Å². The van der Waals surface area contributed by atoms with Crippen LogP contribution in [0.3, 0.4) is 0 Å². The Bertz CT molecular complexity index is 1400. The molecule has 1 aromatic carbocycles. The summed E-state index contributed by atoms with van der Waals surface area (Å²) >= 11 is 0. The average Bonchev–Trinajstić information content (AvgIpc) is 3.34. The van der Waals surface area contributed by atoms with Crippen LogP contribution in [0.5, 0.6) is 0 Å². The molecule has 0 saturated heterocycles. The highest BCUT2D eigenvalue weighted by Gasteiger charge is 2.63. The van der Waals surface area contributed by atoms with Gasteiger partial charge in [-0.3, -0.25) is 4.79 Å². The highest BCUT2D eigenvalue weighted by atomic mass is 32.2. The van der Waals surface area contributed by atoms with Gasteiger partial charge in [-0.2, -0.15) is 0 Å². The fourth-order valence-electron chi connectivity index (χ4n) is 6.71. The number of hydrogen-bond acceptors (Lipinski definition) is 7. The minimum Gasteiger partial charge on any atom is -0.469 e. The second-order valence-electron chi connectivity index (χ2n) is 17.9. The lowest BCUT2D eigenvalue weighted by atomic mass is 9.86. The first-order valence-electron chi connectivity index (χ1n) is 19.2. The van der Waals surface area contributed by atoms with Gasteiger partial charge in [-0.05, 0) is 94.6 Å². The van der Waals surface area contributed by atoms with Crippen LogP contribution in [0.25, 0.3) is 0 Å². The number of carbonyl (C=O) groups excluding carboxylic acids is 1. The number of ether oxygens (including phenoxy) is 1. The van der Waals surface area contributed by atoms with Crippen molar-refractivity contribution in [1.82, 2.24) is 4.90 Å². The van der Waals surface area contributed by atoms with Gasteiger partial charge in [-0.25, -0.2) is 8.42 Å². The van der Waals surface area contributed by atoms with Gasteiger partial charge in [0.2, 0.25) is 0 Å². The largest absolute Gasteiger partial charge is 0.469 e. The third-order valence-electron chi connectivity index (χ3n) is 11.9. The standard InChI is InChI=1S/C41H73NO6SSi2/c1-15-16-20-25-33(47-50(11,12)39(2,3)4)29-30-35-36(48-51(13,14)40(5,6)7)32-37(42(8)9)41(35,31-24-18-17-23-28-38(43)46-10)49(44,45)34-26-21-19-22-27-34/h18-19,21-22,24,26-27,29-30,33,35-37H,15-17,20,23,25,28,31-32H2,1-14H3/b24-18-,30-29+/t33-,35-,36+,37-,41+/m0/s1. The van der Waals surface area contributed by atoms with Crippen LogP contribution in [-0.4, -0.2) is 80.1 Å². The van der Waals surface area contributed by atoms with Gasteiger partial charge in [0.25, 0.3) is 0 Å². The molecular weight excluding hydrogens is 691 g/mol. The van der Waals surface area contributed by atoms with Crippen molar-refractivity contribution in [2.24, 2.45) is 5.92 Å². The Labute approximate surface area is 315 Å². The number of methoxy groups -OCH3 is 1. The first-order chi connectivity index (χ1) is 23.5. The van der Waals surface area contributed by atoms with E-state index in [1.807, 2.05) is 44.4 Å². The molecule has 0 aromatic heterocycles. The second kappa shape index (κ2) is 18.7.